The Kier molecular flexibility index (Phi) is 9.30. The van der Waals surface area contributed by atoms with E-state index in [1.54, 1.807) is 31.2 Å². The number of nitrogens with zero attached hydrogens (tertiary/aromatic N) is 2. The first-order valence-electron chi connectivity index (χ1n) is 13.9. The first-order valence-corrected chi connectivity index (χ1v) is 15.3. The Morgan fingerprint density at radius 2 is 1.52 bits per heavy atom. The quantitative estimate of drug-likeness (QED) is 0.365. The van der Waals surface area contributed by atoms with Crippen LogP contribution in [0.2, 0.25) is 0 Å². The molecule has 1 aliphatic rings. The van der Waals surface area contributed by atoms with Crippen molar-refractivity contribution in [1.82, 2.24) is 10.2 Å². The molecule has 7 nitrogen and oxygen atoms in total. The van der Waals surface area contributed by atoms with Crippen molar-refractivity contribution >= 4 is 27.5 Å². The Labute approximate surface area is 238 Å². The van der Waals surface area contributed by atoms with Gasteiger partial charge in [-0.15, -0.1) is 0 Å². The molecule has 2 amide bonds. The normalized spacial score (nSPS) is 14.5. The Morgan fingerprint density at radius 1 is 0.900 bits per heavy atom. The van der Waals surface area contributed by atoms with Crippen molar-refractivity contribution in [2.24, 2.45) is 0 Å². The molecule has 1 N–H and O–H groups in total. The van der Waals surface area contributed by atoms with Gasteiger partial charge in [-0.1, -0.05) is 78.6 Å². The van der Waals surface area contributed by atoms with Gasteiger partial charge in [-0.25, -0.2) is 8.42 Å². The summed E-state index contributed by atoms with van der Waals surface area (Å²) in [5.74, 6) is -0.675. The number of sulfonamides is 1. The van der Waals surface area contributed by atoms with E-state index in [2.05, 4.69) is 5.32 Å². The van der Waals surface area contributed by atoms with Crippen LogP contribution in [0.15, 0.2) is 77.7 Å². The number of benzene rings is 3. The molecule has 0 saturated heterocycles. The van der Waals surface area contributed by atoms with Crippen LogP contribution in [0.3, 0.4) is 0 Å². The number of rotatable bonds is 10. The molecule has 8 heteroatoms. The van der Waals surface area contributed by atoms with Crippen LogP contribution < -0.4 is 9.62 Å². The van der Waals surface area contributed by atoms with Crippen LogP contribution in [0.5, 0.6) is 0 Å². The van der Waals surface area contributed by atoms with Gasteiger partial charge in [-0.05, 0) is 69.9 Å². The number of aryl methyl sites for hydroxylation is 3. The summed E-state index contributed by atoms with van der Waals surface area (Å²) in [4.78, 5) is 29.0. The number of hydrogen-bond acceptors (Lipinski definition) is 4. The van der Waals surface area contributed by atoms with Crippen molar-refractivity contribution in [3.63, 3.8) is 0 Å². The second-order valence-electron chi connectivity index (χ2n) is 10.8. The molecule has 3 aromatic carbocycles. The van der Waals surface area contributed by atoms with Crippen molar-refractivity contribution in [1.29, 1.82) is 0 Å². The minimum Gasteiger partial charge on any atom is -0.352 e. The van der Waals surface area contributed by atoms with Crippen molar-refractivity contribution in [3.8, 4) is 0 Å². The van der Waals surface area contributed by atoms with Gasteiger partial charge in [-0.3, -0.25) is 13.9 Å². The third-order valence-corrected chi connectivity index (χ3v) is 9.35. The summed E-state index contributed by atoms with van der Waals surface area (Å²) in [6.07, 6.45) is 4.02. The van der Waals surface area contributed by atoms with Crippen LogP contribution in [0.4, 0.5) is 5.69 Å². The van der Waals surface area contributed by atoms with Gasteiger partial charge >= 0.3 is 0 Å². The van der Waals surface area contributed by atoms with Gasteiger partial charge in [0.15, 0.2) is 0 Å². The van der Waals surface area contributed by atoms with E-state index in [-0.39, 0.29) is 23.4 Å². The molecular formula is C32H39N3O4S. The van der Waals surface area contributed by atoms with Crippen molar-refractivity contribution in [3.05, 3.63) is 95.1 Å². The average Bonchev–Trinajstić information content (AvgIpc) is 3.45. The van der Waals surface area contributed by atoms with Crippen LogP contribution >= 0.6 is 0 Å². The van der Waals surface area contributed by atoms with Gasteiger partial charge in [0, 0.05) is 12.6 Å². The third kappa shape index (κ3) is 6.91. The van der Waals surface area contributed by atoms with Gasteiger partial charge in [0.05, 0.1) is 10.6 Å². The van der Waals surface area contributed by atoms with Crippen LogP contribution in [0.1, 0.15) is 54.9 Å². The lowest BCUT2D eigenvalue weighted by Gasteiger charge is -2.33. The van der Waals surface area contributed by atoms with Gasteiger partial charge in [0.2, 0.25) is 11.8 Å². The van der Waals surface area contributed by atoms with Crippen LogP contribution in [0.25, 0.3) is 0 Å². The molecule has 0 aliphatic heterocycles. The number of amides is 2. The van der Waals surface area contributed by atoms with E-state index >= 15 is 0 Å². The number of hydrogen-bond donors (Lipinski definition) is 1. The molecule has 0 aromatic heterocycles. The maximum atomic E-state index is 14.1. The third-order valence-electron chi connectivity index (χ3n) is 7.57. The Morgan fingerprint density at radius 3 is 2.15 bits per heavy atom. The Balaban J connectivity index is 1.70. The Bertz CT molecular complexity index is 1430. The monoisotopic (exact) mass is 561 g/mol. The largest absolute Gasteiger partial charge is 0.352 e. The zero-order chi connectivity index (χ0) is 28.9. The lowest BCUT2D eigenvalue weighted by atomic mass is 10.1. The summed E-state index contributed by atoms with van der Waals surface area (Å²) >= 11 is 0. The number of anilines is 1. The molecule has 1 aliphatic carbocycles. The fraction of sp³-hybridized carbons (Fsp3) is 0.375. The lowest BCUT2D eigenvalue weighted by Crippen LogP contribution is -2.52. The fourth-order valence-corrected chi connectivity index (χ4v) is 6.68. The fourth-order valence-electron chi connectivity index (χ4n) is 5.18. The zero-order valence-corrected chi connectivity index (χ0v) is 24.6. The van der Waals surface area contributed by atoms with Gasteiger partial charge in [0.1, 0.15) is 12.6 Å². The van der Waals surface area contributed by atoms with E-state index in [0.29, 0.717) is 5.69 Å². The number of nitrogens with one attached hydrogen (secondary N) is 1. The van der Waals surface area contributed by atoms with Gasteiger partial charge in [0.25, 0.3) is 10.0 Å². The molecule has 0 radical (unpaired) electrons. The minimum atomic E-state index is -4.08. The molecule has 0 unspecified atom stereocenters. The highest BCUT2D eigenvalue weighted by atomic mass is 32.2. The SMILES string of the molecule is Cc1ccc(CN(C(=O)CN(c2ccc(C)cc2C)S(=O)(=O)c2ccccc2)[C@H](C)C(=O)NC2CCCC2)cc1. The molecular weight excluding hydrogens is 522 g/mol. The van der Waals surface area contributed by atoms with E-state index in [9.17, 15) is 18.0 Å². The van der Waals surface area contributed by atoms with Crippen LogP contribution in [-0.4, -0.2) is 43.8 Å². The van der Waals surface area contributed by atoms with Crippen molar-refractivity contribution in [2.45, 2.75) is 76.9 Å². The number of carbonyl (C=O) groups excluding carboxylic acids is 2. The molecule has 3 aromatic rings. The summed E-state index contributed by atoms with van der Waals surface area (Å²) in [6.45, 7) is 7.22. The molecule has 40 heavy (non-hydrogen) atoms. The van der Waals surface area contributed by atoms with E-state index in [1.165, 1.54) is 21.3 Å². The topological polar surface area (TPSA) is 86.8 Å². The number of carbonyl (C=O) groups is 2. The van der Waals surface area contributed by atoms with E-state index in [0.717, 1.165) is 47.9 Å². The average molecular weight is 562 g/mol. The molecule has 1 saturated carbocycles. The molecule has 4 rings (SSSR count). The maximum absolute atomic E-state index is 14.1. The molecule has 1 atom stereocenters. The standard InChI is InChI=1S/C32H39N3O4S/c1-23-14-17-27(18-15-23)21-34(26(4)32(37)33-28-10-8-9-11-28)31(36)22-35(30-19-16-24(2)20-25(30)3)40(38,39)29-12-6-5-7-13-29/h5-7,12-20,26,28H,8-11,21-22H2,1-4H3,(H,33,37)/t26-/m1/s1. The molecule has 0 bridgehead atoms. The first-order chi connectivity index (χ1) is 19.1. The smallest absolute Gasteiger partial charge is 0.264 e. The highest BCUT2D eigenvalue weighted by Gasteiger charge is 2.33. The summed E-state index contributed by atoms with van der Waals surface area (Å²) < 4.78 is 29.0. The molecule has 212 valence electrons. The molecule has 0 spiro atoms. The van der Waals surface area contributed by atoms with E-state index in [1.807, 2.05) is 57.2 Å². The molecule has 0 heterocycles. The maximum Gasteiger partial charge on any atom is 0.264 e. The van der Waals surface area contributed by atoms with Crippen molar-refractivity contribution < 1.29 is 18.0 Å². The minimum absolute atomic E-state index is 0.0971. The predicted octanol–water partition coefficient (Wildman–Crippen LogP) is 5.28. The van der Waals surface area contributed by atoms with Crippen molar-refractivity contribution in [2.75, 3.05) is 10.8 Å². The van der Waals surface area contributed by atoms with E-state index < -0.39 is 28.5 Å². The van der Waals surface area contributed by atoms with Gasteiger partial charge in [-0.2, -0.15) is 0 Å². The second-order valence-corrected chi connectivity index (χ2v) is 12.7. The summed E-state index contributed by atoms with van der Waals surface area (Å²) in [5, 5.41) is 3.10. The summed E-state index contributed by atoms with van der Waals surface area (Å²) in [7, 11) is -4.08. The lowest BCUT2D eigenvalue weighted by molar-refractivity contribution is -0.139. The molecule has 1 fully saturated rings. The van der Waals surface area contributed by atoms with Crippen LogP contribution in [-0.2, 0) is 26.2 Å². The second kappa shape index (κ2) is 12.7. The Hall–Kier alpha value is -3.65. The highest BCUT2D eigenvalue weighted by molar-refractivity contribution is 7.92. The summed E-state index contributed by atoms with van der Waals surface area (Å²) in [5.41, 5.74) is 4.11. The van der Waals surface area contributed by atoms with E-state index in [4.69, 9.17) is 0 Å². The zero-order valence-electron chi connectivity index (χ0n) is 23.8. The van der Waals surface area contributed by atoms with Gasteiger partial charge < -0.3 is 10.2 Å². The predicted molar refractivity (Wildman–Crippen MR) is 158 cm³/mol. The first kappa shape index (κ1) is 29.3. The summed E-state index contributed by atoms with van der Waals surface area (Å²) in [6, 6.07) is 20.7. The van der Waals surface area contributed by atoms with Crippen LogP contribution in [0, 0.1) is 20.8 Å². The highest BCUT2D eigenvalue weighted by Crippen LogP contribution is 2.28.